The second-order valence-corrected chi connectivity index (χ2v) is 2.17. The zero-order valence-electron chi connectivity index (χ0n) is 6.99. The predicted octanol–water partition coefficient (Wildman–Crippen LogP) is 1.71. The molecule has 1 aromatic heterocycles. The van der Waals surface area contributed by atoms with Crippen LogP contribution in [-0.4, -0.2) is 18.9 Å². The number of nitrogens with zero attached hydrogens (tertiary/aromatic N) is 1. The summed E-state index contributed by atoms with van der Waals surface area (Å²) in [6.45, 7) is 3.84. The molecule has 0 fully saturated rings. The summed E-state index contributed by atoms with van der Waals surface area (Å²) >= 11 is 0. The molecule has 0 saturated carbocycles. The summed E-state index contributed by atoms with van der Waals surface area (Å²) in [6, 6.07) is 3.65. The van der Waals surface area contributed by atoms with Crippen molar-refractivity contribution in [3.63, 3.8) is 0 Å². The Morgan fingerprint density at radius 2 is 2.42 bits per heavy atom. The van der Waals surface area contributed by atoms with Gasteiger partial charge >= 0.3 is 0 Å². The van der Waals surface area contributed by atoms with Crippen LogP contribution in [0.25, 0.3) is 6.08 Å². The number of rotatable bonds is 4. The molecule has 3 heteroatoms. The van der Waals surface area contributed by atoms with Crippen LogP contribution in [0.4, 0.5) is 0 Å². The molecule has 0 aliphatic carbocycles. The lowest BCUT2D eigenvalue weighted by atomic mass is 10.3. The zero-order valence-corrected chi connectivity index (χ0v) is 6.99. The summed E-state index contributed by atoms with van der Waals surface area (Å²) < 4.78 is 9.87. The van der Waals surface area contributed by atoms with E-state index in [9.17, 15) is 0 Å². The van der Waals surface area contributed by atoms with Gasteiger partial charge in [0.1, 0.15) is 5.75 Å². The molecular weight excluding hydrogens is 154 g/mol. The minimum atomic E-state index is 0.245. The van der Waals surface area contributed by atoms with Gasteiger partial charge < -0.3 is 9.47 Å². The summed E-state index contributed by atoms with van der Waals surface area (Å²) in [4.78, 5) is 4.05. The van der Waals surface area contributed by atoms with E-state index >= 15 is 0 Å². The first-order valence-electron chi connectivity index (χ1n) is 3.57. The molecule has 0 bridgehead atoms. The Labute approximate surface area is 71.6 Å². The van der Waals surface area contributed by atoms with Gasteiger partial charge in [0.05, 0.1) is 11.9 Å². The van der Waals surface area contributed by atoms with E-state index in [0.717, 1.165) is 5.69 Å². The van der Waals surface area contributed by atoms with Crippen molar-refractivity contribution in [3.8, 4) is 5.75 Å². The second kappa shape index (κ2) is 4.51. The predicted molar refractivity (Wildman–Crippen MR) is 46.8 cm³/mol. The highest BCUT2D eigenvalue weighted by atomic mass is 16.7. The molecule has 0 aliphatic heterocycles. The van der Waals surface area contributed by atoms with Gasteiger partial charge in [0, 0.05) is 7.11 Å². The molecule has 0 aliphatic rings. The van der Waals surface area contributed by atoms with E-state index in [-0.39, 0.29) is 6.79 Å². The van der Waals surface area contributed by atoms with Gasteiger partial charge in [0.2, 0.25) is 0 Å². The summed E-state index contributed by atoms with van der Waals surface area (Å²) in [5.41, 5.74) is 0.833. The number of pyridine rings is 1. The normalized spacial score (nSPS) is 9.42. The number of hydrogen-bond donors (Lipinski definition) is 0. The topological polar surface area (TPSA) is 31.4 Å². The van der Waals surface area contributed by atoms with Gasteiger partial charge in [-0.3, -0.25) is 4.98 Å². The van der Waals surface area contributed by atoms with Crippen LogP contribution in [0.2, 0.25) is 0 Å². The van der Waals surface area contributed by atoms with Crippen molar-refractivity contribution in [2.24, 2.45) is 0 Å². The molecule has 0 N–H and O–H groups in total. The molecule has 0 unspecified atom stereocenters. The number of methoxy groups -OCH3 is 1. The smallest absolute Gasteiger partial charge is 0.188 e. The van der Waals surface area contributed by atoms with E-state index in [1.165, 1.54) is 0 Å². The Morgan fingerprint density at radius 1 is 1.58 bits per heavy atom. The standard InChI is InChI=1S/C9H11NO2/c1-3-8-4-5-9(6-10-8)12-7-11-2/h3-6H,1,7H2,2H3. The fraction of sp³-hybridized carbons (Fsp3) is 0.222. The van der Waals surface area contributed by atoms with E-state index in [1.54, 1.807) is 19.4 Å². The van der Waals surface area contributed by atoms with Gasteiger partial charge in [0.25, 0.3) is 0 Å². The van der Waals surface area contributed by atoms with E-state index in [4.69, 9.17) is 9.47 Å². The van der Waals surface area contributed by atoms with Crippen molar-refractivity contribution in [1.29, 1.82) is 0 Å². The van der Waals surface area contributed by atoms with Gasteiger partial charge in [-0.05, 0) is 18.2 Å². The first kappa shape index (κ1) is 8.74. The van der Waals surface area contributed by atoms with Crippen molar-refractivity contribution in [1.82, 2.24) is 4.98 Å². The molecule has 0 aromatic carbocycles. The third-order valence-electron chi connectivity index (χ3n) is 1.31. The molecule has 64 valence electrons. The van der Waals surface area contributed by atoms with Crippen molar-refractivity contribution < 1.29 is 9.47 Å². The van der Waals surface area contributed by atoms with E-state index in [0.29, 0.717) is 5.75 Å². The summed E-state index contributed by atoms with van der Waals surface area (Å²) in [5.74, 6) is 0.697. The van der Waals surface area contributed by atoms with Crippen LogP contribution >= 0.6 is 0 Å². The number of ether oxygens (including phenoxy) is 2. The first-order valence-corrected chi connectivity index (χ1v) is 3.57. The Kier molecular flexibility index (Phi) is 3.29. The van der Waals surface area contributed by atoms with Crippen molar-refractivity contribution in [3.05, 3.63) is 30.6 Å². The molecule has 1 heterocycles. The third kappa shape index (κ3) is 2.36. The summed E-state index contributed by atoms with van der Waals surface area (Å²) in [5, 5.41) is 0. The average molecular weight is 165 g/mol. The monoisotopic (exact) mass is 165 g/mol. The number of hydrogen-bond acceptors (Lipinski definition) is 3. The molecular formula is C9H11NO2. The molecule has 1 rings (SSSR count). The molecule has 0 amide bonds. The Morgan fingerprint density at radius 3 is 2.92 bits per heavy atom. The molecule has 3 nitrogen and oxygen atoms in total. The largest absolute Gasteiger partial charge is 0.466 e. The van der Waals surface area contributed by atoms with Crippen molar-refractivity contribution in [2.45, 2.75) is 0 Å². The summed E-state index contributed by atoms with van der Waals surface area (Å²) in [7, 11) is 1.57. The van der Waals surface area contributed by atoms with Crippen LogP contribution in [0.15, 0.2) is 24.9 Å². The van der Waals surface area contributed by atoms with Crippen molar-refractivity contribution in [2.75, 3.05) is 13.9 Å². The van der Waals surface area contributed by atoms with Crippen LogP contribution in [0.3, 0.4) is 0 Å². The Bertz CT molecular complexity index is 243. The minimum Gasteiger partial charge on any atom is -0.466 e. The lowest BCUT2D eigenvalue weighted by Crippen LogP contribution is -1.98. The van der Waals surface area contributed by atoms with Crippen LogP contribution in [-0.2, 0) is 4.74 Å². The number of aromatic nitrogens is 1. The molecule has 0 spiro atoms. The van der Waals surface area contributed by atoms with Crippen LogP contribution in [0.1, 0.15) is 5.69 Å². The zero-order chi connectivity index (χ0) is 8.81. The maximum Gasteiger partial charge on any atom is 0.188 e. The third-order valence-corrected chi connectivity index (χ3v) is 1.31. The quantitative estimate of drug-likeness (QED) is 0.636. The summed E-state index contributed by atoms with van der Waals surface area (Å²) in [6.07, 6.45) is 3.32. The maximum absolute atomic E-state index is 5.14. The molecule has 0 atom stereocenters. The van der Waals surface area contributed by atoms with Gasteiger partial charge in [-0.15, -0.1) is 0 Å². The highest BCUT2D eigenvalue weighted by molar-refractivity contribution is 5.42. The Hall–Kier alpha value is -1.35. The SMILES string of the molecule is C=Cc1ccc(OCOC)cn1. The van der Waals surface area contributed by atoms with E-state index < -0.39 is 0 Å². The van der Waals surface area contributed by atoms with E-state index in [2.05, 4.69) is 11.6 Å². The molecule has 12 heavy (non-hydrogen) atoms. The average Bonchev–Trinajstić information content (AvgIpc) is 2.15. The lowest BCUT2D eigenvalue weighted by molar-refractivity contribution is 0.0508. The van der Waals surface area contributed by atoms with Gasteiger partial charge in [-0.25, -0.2) is 0 Å². The van der Waals surface area contributed by atoms with Gasteiger partial charge in [-0.2, -0.15) is 0 Å². The molecule has 1 aromatic rings. The maximum atomic E-state index is 5.14. The van der Waals surface area contributed by atoms with Crippen LogP contribution < -0.4 is 4.74 Å². The van der Waals surface area contributed by atoms with E-state index in [1.807, 2.05) is 12.1 Å². The van der Waals surface area contributed by atoms with Crippen molar-refractivity contribution >= 4 is 6.08 Å². The highest BCUT2D eigenvalue weighted by Crippen LogP contribution is 2.09. The fourth-order valence-electron chi connectivity index (χ4n) is 0.725. The molecule has 0 saturated heterocycles. The molecule has 0 radical (unpaired) electrons. The fourth-order valence-corrected chi connectivity index (χ4v) is 0.725. The van der Waals surface area contributed by atoms with Gasteiger partial charge in [-0.1, -0.05) is 6.58 Å². The minimum absolute atomic E-state index is 0.245. The van der Waals surface area contributed by atoms with Crippen LogP contribution in [0, 0.1) is 0 Å². The first-order chi connectivity index (χ1) is 5.86. The lowest BCUT2D eigenvalue weighted by Gasteiger charge is -2.02. The highest BCUT2D eigenvalue weighted by Gasteiger charge is 1.92. The van der Waals surface area contributed by atoms with Gasteiger partial charge in [0.15, 0.2) is 6.79 Å². The second-order valence-electron chi connectivity index (χ2n) is 2.17. The van der Waals surface area contributed by atoms with Crippen LogP contribution in [0.5, 0.6) is 5.75 Å². The Balaban J connectivity index is 2.58.